The van der Waals surface area contributed by atoms with E-state index >= 15 is 0 Å². The Morgan fingerprint density at radius 3 is 1.95 bits per heavy atom. The number of aliphatic hydroxyl groups excluding tert-OH is 1. The molecule has 1 N–H and O–H groups in total. The van der Waals surface area contributed by atoms with E-state index in [0.29, 0.717) is 0 Å². The molecule has 1 saturated heterocycles. The van der Waals surface area contributed by atoms with Crippen molar-refractivity contribution in [3.8, 4) is 0 Å². The summed E-state index contributed by atoms with van der Waals surface area (Å²) in [5, 5.41) is 10.6. The summed E-state index contributed by atoms with van der Waals surface area (Å²) in [5.41, 5.74) is 0.487. The maximum atomic E-state index is 13.0. The second-order valence-electron chi connectivity index (χ2n) is 10.5. The molecule has 0 aromatic heterocycles. The van der Waals surface area contributed by atoms with Gasteiger partial charge in [0, 0.05) is 0 Å². The summed E-state index contributed by atoms with van der Waals surface area (Å²) in [6.45, 7) is 11.6. The van der Waals surface area contributed by atoms with Crippen LogP contribution in [0.5, 0.6) is 0 Å². The number of rotatable bonds is 9. The first-order chi connectivity index (χ1) is 17.9. The molecule has 206 valence electrons. The fraction of sp³-hybridized carbons (Fsp3) is 0.464. The maximum absolute atomic E-state index is 13.0. The molecule has 5 atom stereocenters. The number of hydrogen-bond acceptors (Lipinski definition) is 9. The van der Waals surface area contributed by atoms with Crippen molar-refractivity contribution in [3.63, 3.8) is 0 Å². The van der Waals surface area contributed by atoms with Crippen LogP contribution in [-0.2, 0) is 28.2 Å². The van der Waals surface area contributed by atoms with Crippen molar-refractivity contribution in [2.24, 2.45) is 0 Å². The van der Waals surface area contributed by atoms with Gasteiger partial charge < -0.3 is 28.5 Å². The zero-order valence-electron chi connectivity index (χ0n) is 22.6. The van der Waals surface area contributed by atoms with Gasteiger partial charge in [-0.25, -0.2) is 14.4 Å². The van der Waals surface area contributed by atoms with Crippen LogP contribution in [-0.4, -0.2) is 68.6 Å². The smallest absolute Gasteiger partial charge is 0.350 e. The SMILES string of the molecule is CCOC(=O)[C@H](OC(=O)c1ccccc1)[C@H]1OC(O)[C@H](OC(=O)c2ccccc2)[C@@H]1O[Si](C)(C)C(C)(C)C. The fourth-order valence-electron chi connectivity index (χ4n) is 3.68. The van der Waals surface area contributed by atoms with Crippen molar-refractivity contribution in [1.29, 1.82) is 0 Å². The van der Waals surface area contributed by atoms with Gasteiger partial charge >= 0.3 is 17.9 Å². The van der Waals surface area contributed by atoms with Crippen LogP contribution in [0.25, 0.3) is 0 Å². The molecule has 0 spiro atoms. The highest BCUT2D eigenvalue weighted by Crippen LogP contribution is 2.41. The van der Waals surface area contributed by atoms with E-state index in [2.05, 4.69) is 0 Å². The van der Waals surface area contributed by atoms with Gasteiger partial charge in [0.25, 0.3) is 0 Å². The zero-order chi connectivity index (χ0) is 28.1. The number of carbonyl (C=O) groups is 3. The van der Waals surface area contributed by atoms with Gasteiger partial charge in [-0.2, -0.15) is 0 Å². The van der Waals surface area contributed by atoms with E-state index in [-0.39, 0.29) is 22.8 Å². The van der Waals surface area contributed by atoms with E-state index in [9.17, 15) is 19.5 Å². The Morgan fingerprint density at radius 1 is 0.921 bits per heavy atom. The molecule has 0 amide bonds. The van der Waals surface area contributed by atoms with Gasteiger partial charge in [0.1, 0.15) is 12.2 Å². The van der Waals surface area contributed by atoms with Gasteiger partial charge in [-0.1, -0.05) is 57.2 Å². The number of carbonyl (C=O) groups excluding carboxylic acids is 3. The highest BCUT2D eigenvalue weighted by molar-refractivity contribution is 6.74. The molecule has 1 heterocycles. The zero-order valence-corrected chi connectivity index (χ0v) is 23.6. The summed E-state index contributed by atoms with van der Waals surface area (Å²) in [7, 11) is -2.59. The average Bonchev–Trinajstić information content (AvgIpc) is 3.16. The van der Waals surface area contributed by atoms with E-state index in [1.54, 1.807) is 67.6 Å². The minimum absolute atomic E-state index is 0.0215. The monoisotopic (exact) mass is 544 g/mol. The molecule has 2 aromatic carbocycles. The van der Waals surface area contributed by atoms with Crippen LogP contribution in [0.15, 0.2) is 60.7 Å². The molecule has 0 bridgehead atoms. The largest absolute Gasteiger partial charge is 0.463 e. The van der Waals surface area contributed by atoms with Crippen LogP contribution in [0.1, 0.15) is 48.4 Å². The predicted octanol–water partition coefficient (Wildman–Crippen LogP) is 4.11. The topological polar surface area (TPSA) is 118 Å². The van der Waals surface area contributed by atoms with Crippen LogP contribution in [0.2, 0.25) is 18.1 Å². The molecule has 0 radical (unpaired) electrons. The summed E-state index contributed by atoms with van der Waals surface area (Å²) in [6, 6.07) is 16.4. The molecule has 1 aliphatic heterocycles. The Hall–Kier alpha value is -3.05. The van der Waals surface area contributed by atoms with Crippen LogP contribution in [0, 0.1) is 0 Å². The van der Waals surface area contributed by atoms with Gasteiger partial charge in [-0.3, -0.25) is 0 Å². The minimum Gasteiger partial charge on any atom is -0.463 e. The first kappa shape index (κ1) is 29.5. The normalized spacial score (nSPS) is 22.4. The Bertz CT molecular complexity index is 1100. The third-order valence-electron chi connectivity index (χ3n) is 6.78. The first-order valence-corrected chi connectivity index (χ1v) is 15.5. The molecule has 10 heteroatoms. The lowest BCUT2D eigenvalue weighted by Crippen LogP contribution is -2.54. The third-order valence-corrected chi connectivity index (χ3v) is 11.2. The van der Waals surface area contributed by atoms with E-state index in [1.807, 2.05) is 33.9 Å². The summed E-state index contributed by atoms with van der Waals surface area (Å²) in [5.74, 6) is -2.35. The number of benzene rings is 2. The highest BCUT2D eigenvalue weighted by Gasteiger charge is 2.56. The standard InChI is InChI=1S/C28H36O9Si/c1-7-33-26(31)22(35-24(29)18-14-10-8-11-15-18)20-21(37-38(5,6)28(2,3)4)23(27(32)34-20)36-25(30)19-16-12-9-13-17-19/h8-17,20-23,27,32H,7H2,1-6H3/t20-,21+,22+,23+,27?/m0/s1. The van der Waals surface area contributed by atoms with Crippen LogP contribution in [0.4, 0.5) is 0 Å². The van der Waals surface area contributed by atoms with Gasteiger partial charge in [0.15, 0.2) is 20.7 Å². The summed E-state index contributed by atoms with van der Waals surface area (Å²) < 4.78 is 28.8. The summed E-state index contributed by atoms with van der Waals surface area (Å²) >= 11 is 0. The molecule has 1 fully saturated rings. The average molecular weight is 545 g/mol. The fourth-order valence-corrected chi connectivity index (χ4v) is 4.98. The van der Waals surface area contributed by atoms with Crippen molar-refractivity contribution in [1.82, 2.24) is 0 Å². The van der Waals surface area contributed by atoms with E-state index in [4.69, 9.17) is 23.4 Å². The van der Waals surface area contributed by atoms with E-state index in [0.717, 1.165) is 0 Å². The third kappa shape index (κ3) is 6.87. The Labute approximate surface area is 224 Å². The second-order valence-corrected chi connectivity index (χ2v) is 15.3. The van der Waals surface area contributed by atoms with Crippen molar-refractivity contribution in [3.05, 3.63) is 71.8 Å². The minimum atomic E-state index is -2.59. The van der Waals surface area contributed by atoms with Gasteiger partial charge in [-0.05, 0) is 49.3 Å². The molecule has 0 saturated carbocycles. The maximum Gasteiger partial charge on any atom is 0.350 e. The summed E-state index contributed by atoms with van der Waals surface area (Å²) in [4.78, 5) is 38.9. The molecule has 0 aliphatic carbocycles. The van der Waals surface area contributed by atoms with E-state index in [1.165, 1.54) is 0 Å². The van der Waals surface area contributed by atoms with Crippen LogP contribution < -0.4 is 0 Å². The molecule has 3 rings (SSSR count). The van der Waals surface area contributed by atoms with E-state index < -0.39 is 56.9 Å². The lowest BCUT2D eigenvalue weighted by atomic mass is 10.1. The lowest BCUT2D eigenvalue weighted by molar-refractivity contribution is -0.175. The molecular weight excluding hydrogens is 508 g/mol. The Kier molecular flexibility index (Phi) is 9.48. The van der Waals surface area contributed by atoms with Crippen LogP contribution >= 0.6 is 0 Å². The quantitative estimate of drug-likeness (QED) is 0.283. The van der Waals surface area contributed by atoms with Crippen molar-refractivity contribution in [2.75, 3.05) is 6.61 Å². The number of esters is 3. The van der Waals surface area contributed by atoms with Crippen molar-refractivity contribution in [2.45, 2.75) is 76.5 Å². The Balaban J connectivity index is 1.98. The Morgan fingerprint density at radius 2 is 1.45 bits per heavy atom. The number of ether oxygens (including phenoxy) is 4. The molecule has 38 heavy (non-hydrogen) atoms. The molecular formula is C28H36O9Si. The summed E-state index contributed by atoms with van der Waals surface area (Å²) in [6.07, 6.45) is -6.97. The van der Waals surface area contributed by atoms with Crippen molar-refractivity contribution >= 4 is 26.2 Å². The lowest BCUT2D eigenvalue weighted by Gasteiger charge is -2.40. The number of hydrogen-bond donors (Lipinski definition) is 1. The van der Waals surface area contributed by atoms with Gasteiger partial charge in [0.05, 0.1) is 17.7 Å². The highest BCUT2D eigenvalue weighted by atomic mass is 28.4. The number of aliphatic hydroxyl groups is 1. The van der Waals surface area contributed by atoms with Gasteiger partial charge in [-0.15, -0.1) is 0 Å². The van der Waals surface area contributed by atoms with Gasteiger partial charge in [0.2, 0.25) is 6.10 Å². The molecule has 9 nitrogen and oxygen atoms in total. The molecule has 1 aliphatic rings. The molecule has 2 aromatic rings. The molecule has 1 unspecified atom stereocenters. The van der Waals surface area contributed by atoms with Crippen molar-refractivity contribution < 1.29 is 42.9 Å². The second kappa shape index (κ2) is 12.2. The van der Waals surface area contributed by atoms with Crippen LogP contribution in [0.3, 0.4) is 0 Å². The predicted molar refractivity (Wildman–Crippen MR) is 141 cm³/mol. The first-order valence-electron chi connectivity index (χ1n) is 12.6.